The van der Waals surface area contributed by atoms with Gasteiger partial charge in [-0.25, -0.2) is 13.2 Å². The molecule has 0 aliphatic carbocycles. The number of hydrogen-bond acceptors (Lipinski definition) is 5. The SMILES string of the molecule is O=C(OCC(F)(F)S(=O)(=O)[O-])c1cc(I)cc(I)c1I. The molecule has 112 valence electrons. The number of halogens is 5. The minimum Gasteiger partial charge on any atom is -0.743 e. The van der Waals surface area contributed by atoms with E-state index < -0.39 is 27.9 Å². The highest BCUT2D eigenvalue weighted by atomic mass is 127. The van der Waals surface area contributed by atoms with Crippen LogP contribution in [0.25, 0.3) is 0 Å². The highest BCUT2D eigenvalue weighted by molar-refractivity contribution is 14.1. The zero-order valence-electron chi connectivity index (χ0n) is 9.20. The highest BCUT2D eigenvalue weighted by Crippen LogP contribution is 2.25. The number of hydrogen-bond donors (Lipinski definition) is 0. The molecule has 0 fully saturated rings. The van der Waals surface area contributed by atoms with Crippen molar-refractivity contribution in [3.05, 3.63) is 28.4 Å². The summed E-state index contributed by atoms with van der Waals surface area (Å²) in [5, 5.41) is -4.65. The Morgan fingerprint density at radius 2 is 1.85 bits per heavy atom. The van der Waals surface area contributed by atoms with Crippen LogP contribution in [-0.4, -0.2) is 30.8 Å². The maximum absolute atomic E-state index is 12.9. The van der Waals surface area contributed by atoms with Crippen LogP contribution in [0.4, 0.5) is 8.78 Å². The van der Waals surface area contributed by atoms with E-state index in [0.29, 0.717) is 10.7 Å². The number of esters is 1. The van der Waals surface area contributed by atoms with E-state index in [9.17, 15) is 26.5 Å². The quantitative estimate of drug-likeness (QED) is 0.219. The normalized spacial score (nSPS) is 12.3. The Balaban J connectivity index is 2.94. The molecule has 0 aliphatic heterocycles. The molecule has 1 rings (SSSR count). The molecule has 11 heteroatoms. The number of carbonyl (C=O) groups excluding carboxylic acids is 1. The van der Waals surface area contributed by atoms with Gasteiger partial charge >= 0.3 is 11.2 Å². The zero-order chi connectivity index (χ0) is 15.7. The summed E-state index contributed by atoms with van der Waals surface area (Å²) < 4.78 is 62.7. The van der Waals surface area contributed by atoms with Crippen molar-refractivity contribution in [2.45, 2.75) is 5.25 Å². The Kier molecular flexibility index (Phi) is 6.38. The number of rotatable bonds is 4. The second-order valence-electron chi connectivity index (χ2n) is 3.42. The lowest BCUT2D eigenvalue weighted by Crippen LogP contribution is -2.34. The molecule has 0 heterocycles. The minimum absolute atomic E-state index is 0.0287. The van der Waals surface area contributed by atoms with Crippen LogP contribution in [-0.2, 0) is 14.9 Å². The molecule has 0 bridgehead atoms. The van der Waals surface area contributed by atoms with Crippen molar-refractivity contribution in [2.24, 2.45) is 0 Å². The molecule has 0 spiro atoms. The predicted molar refractivity (Wildman–Crippen MR) is 89.5 cm³/mol. The van der Waals surface area contributed by atoms with Gasteiger partial charge in [0.1, 0.15) is 0 Å². The fourth-order valence-electron chi connectivity index (χ4n) is 1.00. The summed E-state index contributed by atoms with van der Waals surface area (Å²) in [5.74, 6) is -1.12. The van der Waals surface area contributed by atoms with Crippen LogP contribution in [0.5, 0.6) is 0 Å². The van der Waals surface area contributed by atoms with Gasteiger partial charge in [-0.05, 0) is 79.9 Å². The molecule has 0 saturated carbocycles. The van der Waals surface area contributed by atoms with Crippen LogP contribution in [0, 0.1) is 10.7 Å². The molecule has 0 saturated heterocycles. The molecule has 0 radical (unpaired) electrons. The Bertz CT molecular complexity index is 647. The second-order valence-corrected chi connectivity index (χ2v) is 8.41. The van der Waals surface area contributed by atoms with E-state index in [1.807, 2.05) is 67.8 Å². The van der Waals surface area contributed by atoms with E-state index >= 15 is 0 Å². The molecule has 0 unspecified atom stereocenters. The highest BCUT2D eigenvalue weighted by Gasteiger charge is 2.39. The number of ether oxygens (including phenoxy) is 1. The molecular formula is C9H4F2I3O5S-. The summed E-state index contributed by atoms with van der Waals surface area (Å²) in [6.45, 7) is -1.81. The summed E-state index contributed by atoms with van der Waals surface area (Å²) in [5.41, 5.74) is 0.0287. The first-order chi connectivity index (χ1) is 8.95. The van der Waals surface area contributed by atoms with E-state index in [0.717, 1.165) is 0 Å². The summed E-state index contributed by atoms with van der Waals surface area (Å²) in [6.07, 6.45) is 0. The first-order valence-electron chi connectivity index (χ1n) is 4.60. The van der Waals surface area contributed by atoms with Crippen LogP contribution in [0.3, 0.4) is 0 Å². The Morgan fingerprint density at radius 1 is 1.30 bits per heavy atom. The van der Waals surface area contributed by atoms with Crippen molar-refractivity contribution in [3.8, 4) is 0 Å². The largest absolute Gasteiger partial charge is 0.743 e. The topological polar surface area (TPSA) is 83.5 Å². The number of carbonyl (C=O) groups is 1. The summed E-state index contributed by atoms with van der Waals surface area (Å²) in [7, 11) is -5.87. The van der Waals surface area contributed by atoms with Gasteiger partial charge in [0.2, 0.25) is 0 Å². The molecule has 0 atom stereocenters. The lowest BCUT2D eigenvalue weighted by molar-refractivity contribution is -0.0100. The smallest absolute Gasteiger partial charge is 0.367 e. The average molecular weight is 643 g/mol. The fraction of sp³-hybridized carbons (Fsp3) is 0.222. The third kappa shape index (κ3) is 4.57. The maximum atomic E-state index is 12.9. The van der Waals surface area contributed by atoms with Crippen molar-refractivity contribution in [3.63, 3.8) is 0 Å². The maximum Gasteiger partial charge on any atom is 0.367 e. The third-order valence-electron chi connectivity index (χ3n) is 1.95. The molecule has 1 aromatic rings. The van der Waals surface area contributed by atoms with Crippen LogP contribution < -0.4 is 0 Å². The number of alkyl halides is 2. The fourth-order valence-corrected chi connectivity index (χ4v) is 3.58. The summed E-state index contributed by atoms with van der Waals surface area (Å²) >= 11 is 5.72. The van der Waals surface area contributed by atoms with Gasteiger partial charge in [0.05, 0.1) is 5.56 Å². The first-order valence-corrected chi connectivity index (χ1v) is 9.25. The lowest BCUT2D eigenvalue weighted by Gasteiger charge is -2.19. The Labute approximate surface area is 154 Å². The molecular weight excluding hydrogens is 639 g/mol. The lowest BCUT2D eigenvalue weighted by atomic mass is 10.2. The van der Waals surface area contributed by atoms with Gasteiger partial charge in [0.15, 0.2) is 16.7 Å². The zero-order valence-corrected chi connectivity index (χ0v) is 16.5. The van der Waals surface area contributed by atoms with Gasteiger partial charge in [-0.3, -0.25) is 0 Å². The summed E-state index contributed by atoms with van der Waals surface area (Å²) in [6, 6.07) is 3.17. The standard InChI is InChI=1S/C9H5F2I3O5S/c10-9(11,20(16,17)18)3-19-8(15)5-1-4(12)2-6(13)7(5)14/h1-2H,3H2,(H,16,17,18)/p-1. The molecule has 0 N–H and O–H groups in total. The van der Waals surface area contributed by atoms with Crippen molar-refractivity contribution in [1.82, 2.24) is 0 Å². The van der Waals surface area contributed by atoms with Gasteiger partial charge in [-0.1, -0.05) is 0 Å². The monoisotopic (exact) mass is 643 g/mol. The van der Waals surface area contributed by atoms with Gasteiger partial charge in [-0.15, -0.1) is 0 Å². The van der Waals surface area contributed by atoms with E-state index in [2.05, 4.69) is 4.74 Å². The van der Waals surface area contributed by atoms with Crippen molar-refractivity contribution >= 4 is 83.9 Å². The predicted octanol–water partition coefficient (Wildman–Crippen LogP) is 2.80. The van der Waals surface area contributed by atoms with Crippen molar-refractivity contribution < 1.29 is 31.3 Å². The van der Waals surface area contributed by atoms with Crippen molar-refractivity contribution in [1.29, 1.82) is 0 Å². The molecule has 0 amide bonds. The van der Waals surface area contributed by atoms with Gasteiger partial charge < -0.3 is 9.29 Å². The molecule has 1 aromatic carbocycles. The summed E-state index contributed by atoms with van der Waals surface area (Å²) in [4.78, 5) is 11.7. The Morgan fingerprint density at radius 3 is 2.35 bits per heavy atom. The van der Waals surface area contributed by atoms with Crippen LogP contribution in [0.15, 0.2) is 12.1 Å². The van der Waals surface area contributed by atoms with Gasteiger partial charge in [-0.2, -0.15) is 8.78 Å². The van der Waals surface area contributed by atoms with E-state index in [4.69, 9.17) is 0 Å². The molecule has 20 heavy (non-hydrogen) atoms. The third-order valence-corrected chi connectivity index (χ3v) is 6.47. The van der Waals surface area contributed by atoms with E-state index in [1.165, 1.54) is 6.07 Å². The molecule has 5 nitrogen and oxygen atoms in total. The van der Waals surface area contributed by atoms with Crippen LogP contribution in [0.1, 0.15) is 10.4 Å². The number of benzene rings is 1. The minimum atomic E-state index is -5.87. The van der Waals surface area contributed by atoms with Crippen molar-refractivity contribution in [2.75, 3.05) is 6.61 Å². The van der Waals surface area contributed by atoms with E-state index in [1.54, 1.807) is 6.07 Å². The van der Waals surface area contributed by atoms with Crippen LogP contribution in [0.2, 0.25) is 0 Å². The first kappa shape index (κ1) is 18.7. The Hall–Kier alpha value is 0.650. The van der Waals surface area contributed by atoms with Gasteiger partial charge in [0.25, 0.3) is 0 Å². The van der Waals surface area contributed by atoms with Gasteiger partial charge in [0, 0.05) is 10.7 Å². The van der Waals surface area contributed by atoms with Crippen LogP contribution >= 0.6 is 67.8 Å². The second kappa shape index (κ2) is 6.82. The molecule has 0 aromatic heterocycles. The van der Waals surface area contributed by atoms with E-state index in [-0.39, 0.29) is 5.56 Å². The molecule has 0 aliphatic rings. The average Bonchev–Trinajstić information content (AvgIpc) is 2.29.